The average Bonchev–Trinajstić information content (AvgIpc) is 3.71. The SMILES string of the molecule is C(#CC1(c2ccc3ccccc3c2)c2ccccc2-c2ccc(-n3c4ccc5ccccc5c4c4c5ccccc5ccc43)cc21)c1ccccc1. The molecule has 1 aromatic heterocycles. The molecule has 0 fully saturated rings. The second-order valence-electron chi connectivity index (χ2n) is 13.9. The van der Waals surface area contributed by atoms with E-state index < -0.39 is 5.41 Å². The van der Waals surface area contributed by atoms with Crippen molar-refractivity contribution in [2.45, 2.75) is 5.41 Å². The van der Waals surface area contributed by atoms with Crippen molar-refractivity contribution in [3.8, 4) is 28.7 Å². The number of fused-ring (bicyclic) bond motifs is 11. The van der Waals surface area contributed by atoms with Crippen LogP contribution in [-0.4, -0.2) is 4.57 Å². The lowest BCUT2D eigenvalue weighted by atomic mass is 9.72. The van der Waals surface area contributed by atoms with Crippen molar-refractivity contribution in [2.24, 2.45) is 0 Å². The number of benzene rings is 9. The van der Waals surface area contributed by atoms with E-state index in [1.807, 2.05) is 0 Å². The van der Waals surface area contributed by atoms with Gasteiger partial charge in [0, 0.05) is 22.0 Å². The van der Waals surface area contributed by atoms with Crippen LogP contribution in [0, 0.1) is 11.8 Å². The molecule has 9 aromatic carbocycles. The van der Waals surface area contributed by atoms with E-state index in [4.69, 9.17) is 0 Å². The van der Waals surface area contributed by atoms with Crippen LogP contribution in [0.1, 0.15) is 22.3 Å². The first-order valence-electron chi connectivity index (χ1n) is 17.9. The maximum absolute atomic E-state index is 3.94. The van der Waals surface area contributed by atoms with Crippen LogP contribution < -0.4 is 0 Å². The molecule has 1 nitrogen and oxygen atoms in total. The summed E-state index contributed by atoms with van der Waals surface area (Å²) >= 11 is 0. The van der Waals surface area contributed by atoms with Crippen molar-refractivity contribution in [1.82, 2.24) is 4.57 Å². The number of nitrogens with zero attached hydrogens (tertiary/aromatic N) is 1. The fraction of sp³-hybridized carbons (Fsp3) is 0.0196. The molecule has 52 heavy (non-hydrogen) atoms. The number of aromatic nitrogens is 1. The minimum atomic E-state index is -0.694. The van der Waals surface area contributed by atoms with Gasteiger partial charge >= 0.3 is 0 Å². The van der Waals surface area contributed by atoms with Gasteiger partial charge in [0.1, 0.15) is 5.41 Å². The largest absolute Gasteiger partial charge is 0.309 e. The Morgan fingerprint density at radius 2 is 0.981 bits per heavy atom. The first kappa shape index (κ1) is 28.9. The molecule has 1 aliphatic rings. The van der Waals surface area contributed by atoms with Gasteiger partial charge in [-0.1, -0.05) is 157 Å². The molecule has 1 aliphatic carbocycles. The van der Waals surface area contributed by atoms with Crippen LogP contribution in [0.2, 0.25) is 0 Å². The van der Waals surface area contributed by atoms with E-state index in [0.717, 1.165) is 11.3 Å². The predicted molar refractivity (Wildman–Crippen MR) is 218 cm³/mol. The summed E-state index contributed by atoms with van der Waals surface area (Å²) in [5.74, 6) is 7.59. The van der Waals surface area contributed by atoms with E-state index in [1.54, 1.807) is 0 Å². The highest BCUT2D eigenvalue weighted by Crippen LogP contribution is 2.53. The molecular weight excluding hydrogens is 627 g/mol. The summed E-state index contributed by atoms with van der Waals surface area (Å²) in [6.45, 7) is 0. The van der Waals surface area contributed by atoms with Crippen molar-refractivity contribution in [3.63, 3.8) is 0 Å². The van der Waals surface area contributed by atoms with E-state index in [1.165, 1.54) is 81.9 Å². The Bertz CT molecular complexity index is 3040. The minimum Gasteiger partial charge on any atom is -0.309 e. The summed E-state index contributed by atoms with van der Waals surface area (Å²) in [6.07, 6.45) is 0. The third-order valence-corrected chi connectivity index (χ3v) is 11.2. The first-order chi connectivity index (χ1) is 25.8. The van der Waals surface area contributed by atoms with E-state index in [0.29, 0.717) is 0 Å². The topological polar surface area (TPSA) is 4.93 Å². The Morgan fingerprint density at radius 1 is 0.404 bits per heavy atom. The molecule has 0 N–H and O–H groups in total. The van der Waals surface area contributed by atoms with E-state index in [9.17, 15) is 0 Å². The van der Waals surface area contributed by atoms with Gasteiger partial charge in [0.25, 0.3) is 0 Å². The minimum absolute atomic E-state index is 0.694. The Balaban J connectivity index is 1.26. The van der Waals surface area contributed by atoms with Crippen LogP contribution in [0.3, 0.4) is 0 Å². The molecule has 11 rings (SSSR count). The molecule has 1 unspecified atom stereocenters. The molecule has 1 heterocycles. The van der Waals surface area contributed by atoms with Gasteiger partial charge in [0.15, 0.2) is 0 Å². The van der Waals surface area contributed by atoms with E-state index in [-0.39, 0.29) is 0 Å². The van der Waals surface area contributed by atoms with Crippen LogP contribution in [0.25, 0.3) is 70.9 Å². The Morgan fingerprint density at radius 3 is 1.71 bits per heavy atom. The molecular formula is C51H31N. The van der Waals surface area contributed by atoms with Crippen molar-refractivity contribution in [1.29, 1.82) is 0 Å². The Kier molecular flexibility index (Phi) is 6.15. The molecule has 0 saturated carbocycles. The van der Waals surface area contributed by atoms with Crippen LogP contribution >= 0.6 is 0 Å². The van der Waals surface area contributed by atoms with Crippen LogP contribution in [0.15, 0.2) is 188 Å². The van der Waals surface area contributed by atoms with Crippen molar-refractivity contribution in [2.75, 3.05) is 0 Å². The highest BCUT2D eigenvalue weighted by atomic mass is 15.0. The quantitative estimate of drug-likeness (QED) is 0.163. The van der Waals surface area contributed by atoms with Gasteiger partial charge in [0.05, 0.1) is 11.0 Å². The van der Waals surface area contributed by atoms with Crippen molar-refractivity contribution < 1.29 is 0 Å². The lowest BCUT2D eigenvalue weighted by Crippen LogP contribution is -2.25. The lowest BCUT2D eigenvalue weighted by molar-refractivity contribution is 0.837. The number of hydrogen-bond donors (Lipinski definition) is 0. The van der Waals surface area contributed by atoms with E-state index >= 15 is 0 Å². The third kappa shape index (κ3) is 4.07. The summed E-state index contributed by atoms with van der Waals surface area (Å²) in [7, 11) is 0. The number of hydrogen-bond acceptors (Lipinski definition) is 0. The lowest BCUT2D eigenvalue weighted by Gasteiger charge is -2.28. The monoisotopic (exact) mass is 657 g/mol. The van der Waals surface area contributed by atoms with Gasteiger partial charge in [-0.15, -0.1) is 0 Å². The van der Waals surface area contributed by atoms with Gasteiger partial charge in [-0.3, -0.25) is 0 Å². The Labute approximate surface area is 302 Å². The molecule has 1 atom stereocenters. The number of rotatable bonds is 2. The van der Waals surface area contributed by atoms with E-state index in [2.05, 4.69) is 204 Å². The maximum Gasteiger partial charge on any atom is 0.108 e. The van der Waals surface area contributed by atoms with Crippen LogP contribution in [0.5, 0.6) is 0 Å². The molecule has 10 aromatic rings. The van der Waals surface area contributed by atoms with Crippen LogP contribution in [0.4, 0.5) is 0 Å². The zero-order valence-electron chi connectivity index (χ0n) is 28.3. The van der Waals surface area contributed by atoms with Gasteiger partial charge in [0.2, 0.25) is 0 Å². The van der Waals surface area contributed by atoms with Crippen molar-refractivity contribution in [3.05, 3.63) is 210 Å². The summed E-state index contributed by atoms with van der Waals surface area (Å²) in [4.78, 5) is 0. The predicted octanol–water partition coefficient (Wildman–Crippen LogP) is 12.6. The average molecular weight is 658 g/mol. The molecule has 0 radical (unpaired) electrons. The highest BCUT2D eigenvalue weighted by Gasteiger charge is 2.44. The molecule has 1 heteroatoms. The summed E-state index contributed by atoms with van der Waals surface area (Å²) in [6, 6.07) is 68.5. The standard InChI is InChI=1S/C51H31N/c1-2-12-34(13-3-1)30-31-51(39-25-22-35-14-4-5-17-38(35)32-39)45-21-11-10-20-43(45)44-27-26-40(33-46(44)51)52-47-28-23-36-15-6-8-18-41(36)49(47)50-42-19-9-7-16-37(42)24-29-48(50)52/h1-29,32-33H. The third-order valence-electron chi connectivity index (χ3n) is 11.2. The fourth-order valence-electron chi connectivity index (χ4n) is 8.86. The van der Waals surface area contributed by atoms with Gasteiger partial charge in [-0.25, -0.2) is 0 Å². The second kappa shape index (κ2) is 11.1. The van der Waals surface area contributed by atoms with Crippen LogP contribution in [-0.2, 0) is 5.41 Å². The molecule has 240 valence electrons. The second-order valence-corrected chi connectivity index (χ2v) is 13.9. The zero-order chi connectivity index (χ0) is 34.2. The Hall–Kier alpha value is -6.88. The molecule has 0 spiro atoms. The normalized spacial score (nSPS) is 14.8. The molecule has 0 saturated heterocycles. The first-order valence-corrected chi connectivity index (χ1v) is 17.9. The molecule has 0 bridgehead atoms. The summed E-state index contributed by atoms with van der Waals surface area (Å²) in [5.41, 5.74) is 9.91. The van der Waals surface area contributed by atoms with Gasteiger partial charge in [-0.05, 0) is 103 Å². The molecule has 0 aliphatic heterocycles. The van der Waals surface area contributed by atoms with Gasteiger partial charge < -0.3 is 4.57 Å². The summed E-state index contributed by atoms with van der Waals surface area (Å²) < 4.78 is 2.47. The van der Waals surface area contributed by atoms with Gasteiger partial charge in [-0.2, -0.15) is 0 Å². The summed E-state index contributed by atoms with van der Waals surface area (Å²) in [5, 5.41) is 10.1. The molecule has 0 amide bonds. The zero-order valence-corrected chi connectivity index (χ0v) is 28.3. The van der Waals surface area contributed by atoms with Crippen molar-refractivity contribution >= 4 is 54.1 Å². The highest BCUT2D eigenvalue weighted by molar-refractivity contribution is 6.28. The fourth-order valence-corrected chi connectivity index (χ4v) is 8.86. The smallest absolute Gasteiger partial charge is 0.108 e. The maximum atomic E-state index is 3.94.